The molecule has 0 radical (unpaired) electrons. The van der Waals surface area contributed by atoms with E-state index in [0.717, 1.165) is 6.07 Å². The van der Waals surface area contributed by atoms with Crippen molar-refractivity contribution in [3.05, 3.63) is 28.2 Å². The number of hydrogen-bond donors (Lipinski definition) is 1. The predicted octanol–water partition coefficient (Wildman–Crippen LogP) is 3.10. The average Bonchev–Trinajstić information content (AvgIpc) is 2.15. The first-order valence-electron chi connectivity index (χ1n) is 4.67. The molecule has 0 spiro atoms. The van der Waals surface area contributed by atoms with Crippen molar-refractivity contribution >= 4 is 21.8 Å². The van der Waals surface area contributed by atoms with Crippen LogP contribution in [0.5, 0.6) is 5.75 Å². The van der Waals surface area contributed by atoms with Crippen LogP contribution in [0.15, 0.2) is 22.7 Å². The lowest BCUT2D eigenvalue weighted by molar-refractivity contribution is -0.274. The third-order valence-corrected chi connectivity index (χ3v) is 2.43. The lowest BCUT2D eigenvalue weighted by Crippen LogP contribution is -2.26. The number of carbonyl (C=O) groups is 1. The first-order chi connectivity index (χ1) is 7.85. The number of nitrogens with one attached hydrogen (secondary N) is 1. The van der Waals surface area contributed by atoms with Crippen molar-refractivity contribution in [2.75, 3.05) is 6.54 Å². The molecule has 0 aliphatic rings. The van der Waals surface area contributed by atoms with Crippen molar-refractivity contribution < 1.29 is 22.7 Å². The van der Waals surface area contributed by atoms with Crippen LogP contribution in [-0.4, -0.2) is 18.8 Å². The summed E-state index contributed by atoms with van der Waals surface area (Å²) in [5.41, 5.74) is -0.174. The molecular formula is C10H9BrF3NO2. The minimum Gasteiger partial charge on any atom is -0.405 e. The van der Waals surface area contributed by atoms with Gasteiger partial charge in [0.05, 0.1) is 5.56 Å². The molecule has 3 nitrogen and oxygen atoms in total. The topological polar surface area (TPSA) is 38.3 Å². The van der Waals surface area contributed by atoms with Gasteiger partial charge in [-0.05, 0) is 35.0 Å². The maximum absolute atomic E-state index is 12.1. The molecule has 1 aromatic carbocycles. The maximum Gasteiger partial charge on any atom is 0.573 e. The predicted molar refractivity (Wildman–Crippen MR) is 58.8 cm³/mol. The van der Waals surface area contributed by atoms with E-state index in [2.05, 4.69) is 26.0 Å². The summed E-state index contributed by atoms with van der Waals surface area (Å²) < 4.78 is 40.4. The van der Waals surface area contributed by atoms with E-state index in [-0.39, 0.29) is 10.0 Å². The van der Waals surface area contributed by atoms with Crippen LogP contribution in [0.25, 0.3) is 0 Å². The van der Waals surface area contributed by atoms with Crippen molar-refractivity contribution in [2.45, 2.75) is 13.3 Å². The van der Waals surface area contributed by atoms with E-state index in [1.807, 2.05) is 0 Å². The van der Waals surface area contributed by atoms with E-state index in [0.29, 0.717) is 6.54 Å². The van der Waals surface area contributed by atoms with Gasteiger partial charge in [0, 0.05) is 11.0 Å². The normalized spacial score (nSPS) is 11.1. The van der Waals surface area contributed by atoms with Crippen molar-refractivity contribution in [1.29, 1.82) is 0 Å². The van der Waals surface area contributed by atoms with Crippen molar-refractivity contribution in [2.24, 2.45) is 0 Å². The van der Waals surface area contributed by atoms with Crippen LogP contribution in [0.2, 0.25) is 0 Å². The van der Waals surface area contributed by atoms with Crippen molar-refractivity contribution in [3.8, 4) is 5.75 Å². The fourth-order valence-corrected chi connectivity index (χ4v) is 1.71. The lowest BCUT2D eigenvalue weighted by Gasteiger charge is -2.13. The summed E-state index contributed by atoms with van der Waals surface area (Å²) in [6.45, 7) is 1.98. The Balaban J connectivity index is 3.13. The standard InChI is InChI=1S/C10H9BrF3NO2/c1-2-15-9(16)8-6(11)4-3-5-7(8)17-10(12,13)14/h3-5H,2H2,1H3,(H,15,16). The van der Waals surface area contributed by atoms with Gasteiger partial charge in [-0.2, -0.15) is 0 Å². The summed E-state index contributed by atoms with van der Waals surface area (Å²) in [6, 6.07) is 3.91. The van der Waals surface area contributed by atoms with Crippen LogP contribution in [0.3, 0.4) is 0 Å². The van der Waals surface area contributed by atoms with Gasteiger partial charge in [-0.1, -0.05) is 6.07 Å². The van der Waals surface area contributed by atoms with Crippen molar-refractivity contribution in [3.63, 3.8) is 0 Å². The Morgan fingerprint density at radius 2 is 2.12 bits per heavy atom. The fourth-order valence-electron chi connectivity index (χ4n) is 1.18. The van der Waals surface area contributed by atoms with E-state index < -0.39 is 18.0 Å². The summed E-state index contributed by atoms with van der Waals surface area (Å²) in [5, 5.41) is 2.41. The second-order valence-corrected chi connectivity index (χ2v) is 3.87. The minimum absolute atomic E-state index is 0.174. The van der Waals surface area contributed by atoms with Crippen LogP contribution in [0.4, 0.5) is 13.2 Å². The van der Waals surface area contributed by atoms with Crippen LogP contribution < -0.4 is 10.1 Å². The smallest absolute Gasteiger partial charge is 0.405 e. The molecule has 0 atom stereocenters. The van der Waals surface area contributed by atoms with Crippen LogP contribution in [-0.2, 0) is 0 Å². The molecule has 0 aromatic heterocycles. The molecule has 0 saturated heterocycles. The van der Waals surface area contributed by atoms with Gasteiger partial charge in [-0.3, -0.25) is 4.79 Å². The summed E-state index contributed by atoms with van der Waals surface area (Å²) in [7, 11) is 0. The molecule has 1 N–H and O–H groups in total. The van der Waals surface area contributed by atoms with Gasteiger partial charge in [0.25, 0.3) is 5.91 Å². The Kier molecular flexibility index (Phi) is 4.39. The van der Waals surface area contributed by atoms with Crippen LogP contribution >= 0.6 is 15.9 Å². The third kappa shape index (κ3) is 3.92. The van der Waals surface area contributed by atoms with Crippen molar-refractivity contribution in [1.82, 2.24) is 5.32 Å². The molecule has 0 unspecified atom stereocenters. The number of halogens is 4. The second-order valence-electron chi connectivity index (χ2n) is 3.02. The highest BCUT2D eigenvalue weighted by Crippen LogP contribution is 2.31. The Hall–Kier alpha value is -1.24. The zero-order valence-corrected chi connectivity index (χ0v) is 10.4. The Morgan fingerprint density at radius 1 is 1.47 bits per heavy atom. The molecule has 0 saturated carbocycles. The fraction of sp³-hybridized carbons (Fsp3) is 0.300. The minimum atomic E-state index is -4.83. The van der Waals surface area contributed by atoms with Crippen LogP contribution in [0.1, 0.15) is 17.3 Å². The first-order valence-corrected chi connectivity index (χ1v) is 5.47. The Morgan fingerprint density at radius 3 is 2.65 bits per heavy atom. The summed E-state index contributed by atoms with van der Waals surface area (Å²) in [5.74, 6) is -1.16. The Bertz CT molecular complexity index is 421. The molecule has 0 heterocycles. The second kappa shape index (κ2) is 5.39. The van der Waals surface area contributed by atoms with Gasteiger partial charge in [-0.25, -0.2) is 0 Å². The molecule has 7 heteroatoms. The SMILES string of the molecule is CCNC(=O)c1c(Br)cccc1OC(F)(F)F. The number of benzene rings is 1. The van der Waals surface area contributed by atoms with Gasteiger partial charge in [0.15, 0.2) is 0 Å². The zero-order valence-electron chi connectivity index (χ0n) is 8.77. The summed E-state index contributed by atoms with van der Waals surface area (Å²) in [4.78, 5) is 11.6. The highest BCUT2D eigenvalue weighted by molar-refractivity contribution is 9.10. The largest absolute Gasteiger partial charge is 0.573 e. The van der Waals surface area contributed by atoms with Gasteiger partial charge in [0.1, 0.15) is 5.75 Å². The number of alkyl halides is 3. The molecule has 1 rings (SSSR count). The molecule has 0 aliphatic carbocycles. The number of ether oxygens (including phenoxy) is 1. The summed E-state index contributed by atoms with van der Waals surface area (Å²) >= 11 is 3.02. The highest BCUT2D eigenvalue weighted by Gasteiger charge is 2.33. The number of amides is 1. The Labute approximate surface area is 104 Å². The molecule has 1 aromatic rings. The van der Waals surface area contributed by atoms with E-state index in [1.165, 1.54) is 12.1 Å². The zero-order chi connectivity index (χ0) is 13.1. The first kappa shape index (κ1) is 13.8. The molecule has 94 valence electrons. The molecule has 0 fully saturated rings. The average molecular weight is 312 g/mol. The van der Waals surface area contributed by atoms with Gasteiger partial charge in [-0.15, -0.1) is 13.2 Å². The number of carbonyl (C=O) groups excluding carboxylic acids is 1. The molecular weight excluding hydrogens is 303 g/mol. The van der Waals surface area contributed by atoms with E-state index in [1.54, 1.807) is 6.92 Å². The van der Waals surface area contributed by atoms with E-state index >= 15 is 0 Å². The molecule has 0 bridgehead atoms. The van der Waals surface area contributed by atoms with E-state index in [9.17, 15) is 18.0 Å². The van der Waals surface area contributed by atoms with Crippen LogP contribution in [0, 0.1) is 0 Å². The highest BCUT2D eigenvalue weighted by atomic mass is 79.9. The quantitative estimate of drug-likeness (QED) is 0.931. The summed E-state index contributed by atoms with van der Waals surface area (Å²) in [6.07, 6.45) is -4.83. The molecule has 1 amide bonds. The van der Waals surface area contributed by atoms with E-state index in [4.69, 9.17) is 0 Å². The van der Waals surface area contributed by atoms with Gasteiger partial charge in [0.2, 0.25) is 0 Å². The number of rotatable bonds is 3. The monoisotopic (exact) mass is 311 g/mol. The van der Waals surface area contributed by atoms with Gasteiger partial charge >= 0.3 is 6.36 Å². The molecule has 17 heavy (non-hydrogen) atoms. The third-order valence-electron chi connectivity index (χ3n) is 1.77. The number of hydrogen-bond acceptors (Lipinski definition) is 2. The lowest BCUT2D eigenvalue weighted by atomic mass is 10.2. The van der Waals surface area contributed by atoms with Gasteiger partial charge < -0.3 is 10.1 Å². The molecule has 0 aliphatic heterocycles. The maximum atomic E-state index is 12.1.